The van der Waals surface area contributed by atoms with Crippen molar-refractivity contribution in [3.8, 4) is 34.4 Å². The monoisotopic (exact) mass is 512 g/mol. The van der Waals surface area contributed by atoms with Crippen LogP contribution in [0.2, 0.25) is 0 Å². The minimum absolute atomic E-state index is 0.141. The maximum absolute atomic E-state index is 6.14. The molecule has 4 atom stereocenters. The molecule has 3 aliphatic rings. The molecule has 36 heavy (non-hydrogen) atoms. The fourth-order valence-electron chi connectivity index (χ4n) is 4.67. The second-order valence-electron chi connectivity index (χ2n) is 8.48. The van der Waals surface area contributed by atoms with E-state index in [1.165, 1.54) is 0 Å². The lowest BCUT2D eigenvalue weighted by Crippen LogP contribution is -2.45. The summed E-state index contributed by atoms with van der Waals surface area (Å²) < 4.78 is 35.6. The van der Waals surface area contributed by atoms with E-state index in [0.717, 1.165) is 11.3 Å². The van der Waals surface area contributed by atoms with E-state index >= 15 is 0 Å². The van der Waals surface area contributed by atoms with Crippen molar-refractivity contribution in [2.24, 2.45) is 0 Å². The second-order valence-corrected chi connectivity index (χ2v) is 8.89. The summed E-state index contributed by atoms with van der Waals surface area (Å²) in [5, 5.41) is 19.3. The third-order valence-electron chi connectivity index (χ3n) is 6.39. The van der Waals surface area contributed by atoms with Crippen LogP contribution >= 0.6 is 12.2 Å². The number of methoxy groups -OCH3 is 2. The SMILES string of the molecule is COc1cc(NC(=S)N[C@H]2CO[C@H]3[C@@H]2OC[C@@H]3n2nnnc2-c2ccc3c(c2)OCO3)cc(OC)c1. The predicted octanol–water partition coefficient (Wildman–Crippen LogP) is 1.78. The highest BCUT2D eigenvalue weighted by molar-refractivity contribution is 7.80. The predicted molar refractivity (Wildman–Crippen MR) is 131 cm³/mol. The molecule has 12 nitrogen and oxygen atoms in total. The number of thiocarbonyl (C=S) groups is 1. The first-order valence-electron chi connectivity index (χ1n) is 11.3. The summed E-state index contributed by atoms with van der Waals surface area (Å²) >= 11 is 5.55. The number of aromatic nitrogens is 4. The van der Waals surface area contributed by atoms with E-state index in [9.17, 15) is 0 Å². The Labute approximate surface area is 211 Å². The van der Waals surface area contributed by atoms with Crippen LogP contribution in [-0.4, -0.2) is 77.8 Å². The normalized spacial score (nSPS) is 23.8. The van der Waals surface area contributed by atoms with Crippen LogP contribution in [0.15, 0.2) is 36.4 Å². The van der Waals surface area contributed by atoms with E-state index in [1.807, 2.05) is 30.3 Å². The van der Waals surface area contributed by atoms with Crippen molar-refractivity contribution in [1.82, 2.24) is 25.5 Å². The molecule has 0 radical (unpaired) electrons. The quantitative estimate of drug-likeness (QED) is 0.468. The fourth-order valence-corrected chi connectivity index (χ4v) is 4.94. The Bertz CT molecular complexity index is 1270. The largest absolute Gasteiger partial charge is 0.497 e. The average Bonchev–Trinajstić information content (AvgIpc) is 3.68. The summed E-state index contributed by atoms with van der Waals surface area (Å²) in [5.41, 5.74) is 1.56. The Morgan fingerprint density at radius 3 is 2.58 bits per heavy atom. The number of hydrogen-bond donors (Lipinski definition) is 2. The first kappa shape index (κ1) is 22.8. The van der Waals surface area contributed by atoms with Crippen LogP contribution in [0.25, 0.3) is 11.4 Å². The van der Waals surface area contributed by atoms with Gasteiger partial charge in [-0.3, -0.25) is 0 Å². The maximum Gasteiger partial charge on any atom is 0.231 e. The van der Waals surface area contributed by atoms with Gasteiger partial charge in [0.25, 0.3) is 0 Å². The van der Waals surface area contributed by atoms with Crippen molar-refractivity contribution in [1.29, 1.82) is 0 Å². The third kappa shape index (κ3) is 4.14. The van der Waals surface area contributed by atoms with Gasteiger partial charge in [0.15, 0.2) is 22.4 Å². The molecule has 0 unspecified atom stereocenters. The molecule has 1 aromatic heterocycles. The first-order chi connectivity index (χ1) is 17.6. The van der Waals surface area contributed by atoms with Gasteiger partial charge in [0, 0.05) is 29.4 Å². The highest BCUT2D eigenvalue weighted by Crippen LogP contribution is 2.38. The van der Waals surface area contributed by atoms with Gasteiger partial charge in [-0.15, -0.1) is 5.10 Å². The van der Waals surface area contributed by atoms with Crippen LogP contribution in [0.1, 0.15) is 6.04 Å². The summed E-state index contributed by atoms with van der Waals surface area (Å²) in [5.74, 6) is 3.29. The van der Waals surface area contributed by atoms with Gasteiger partial charge < -0.3 is 39.1 Å². The van der Waals surface area contributed by atoms with Gasteiger partial charge in [-0.25, -0.2) is 4.68 Å². The zero-order chi connectivity index (χ0) is 24.6. The van der Waals surface area contributed by atoms with E-state index in [2.05, 4.69) is 26.2 Å². The number of rotatable bonds is 6. The second kappa shape index (κ2) is 9.41. The van der Waals surface area contributed by atoms with E-state index in [1.54, 1.807) is 25.0 Å². The summed E-state index contributed by atoms with van der Waals surface area (Å²) in [6.45, 7) is 1.04. The van der Waals surface area contributed by atoms with Crippen molar-refractivity contribution in [2.75, 3.05) is 39.5 Å². The Morgan fingerprint density at radius 1 is 1.00 bits per heavy atom. The summed E-state index contributed by atoms with van der Waals surface area (Å²) in [6.07, 6.45) is -0.457. The third-order valence-corrected chi connectivity index (χ3v) is 6.61. The van der Waals surface area contributed by atoms with Crippen LogP contribution in [0.5, 0.6) is 23.0 Å². The van der Waals surface area contributed by atoms with Gasteiger partial charge in [-0.1, -0.05) is 0 Å². The standard InChI is InChI=1S/C23H24N6O6S/c1-30-14-6-13(7-15(8-14)31-2)24-23(36)25-16-9-32-21-17(10-33-20(16)21)29-22(26-27-28-29)12-3-4-18-19(5-12)35-11-34-18/h3-8,16-17,20-21H,9-11H2,1-2H3,(H2,24,25,36)/t16-,17-,20+,21+/m0/s1. The first-order valence-corrected chi connectivity index (χ1v) is 11.8. The number of nitrogens with zero attached hydrogens (tertiary/aromatic N) is 4. The smallest absolute Gasteiger partial charge is 0.231 e. The summed E-state index contributed by atoms with van der Waals surface area (Å²) in [6, 6.07) is 10.8. The lowest BCUT2D eigenvalue weighted by Gasteiger charge is -2.20. The summed E-state index contributed by atoms with van der Waals surface area (Å²) in [4.78, 5) is 0. The van der Waals surface area contributed by atoms with Crippen molar-refractivity contribution in [2.45, 2.75) is 24.3 Å². The van der Waals surface area contributed by atoms with Crippen molar-refractivity contribution < 1.29 is 28.4 Å². The van der Waals surface area contributed by atoms with Crippen LogP contribution in [-0.2, 0) is 9.47 Å². The molecule has 0 aliphatic carbocycles. The van der Waals surface area contributed by atoms with Crippen molar-refractivity contribution in [3.05, 3.63) is 36.4 Å². The minimum Gasteiger partial charge on any atom is -0.497 e. The Hall–Kier alpha value is -3.68. The minimum atomic E-state index is -0.238. The number of hydrogen-bond acceptors (Lipinski definition) is 10. The van der Waals surface area contributed by atoms with Gasteiger partial charge in [-0.2, -0.15) is 0 Å². The molecule has 2 N–H and O–H groups in total. The van der Waals surface area contributed by atoms with Crippen LogP contribution in [0, 0.1) is 0 Å². The van der Waals surface area contributed by atoms with Gasteiger partial charge in [0.1, 0.15) is 29.7 Å². The van der Waals surface area contributed by atoms with Gasteiger partial charge >= 0.3 is 0 Å². The van der Waals surface area contributed by atoms with Gasteiger partial charge in [0.2, 0.25) is 6.79 Å². The number of fused-ring (bicyclic) bond motifs is 2. The maximum atomic E-state index is 6.14. The fraction of sp³-hybridized carbons (Fsp3) is 0.391. The van der Waals surface area contributed by atoms with Crippen molar-refractivity contribution >= 4 is 23.0 Å². The molecule has 0 amide bonds. The van der Waals surface area contributed by atoms with Gasteiger partial charge in [0.05, 0.1) is 33.5 Å². The molecule has 4 heterocycles. The van der Waals surface area contributed by atoms with Crippen molar-refractivity contribution in [3.63, 3.8) is 0 Å². The number of ether oxygens (including phenoxy) is 6. The number of anilines is 1. The molecule has 6 rings (SSSR count). The molecule has 13 heteroatoms. The van der Waals surface area contributed by atoms with E-state index < -0.39 is 0 Å². The molecule has 0 bridgehead atoms. The zero-order valence-corrected chi connectivity index (χ0v) is 20.4. The number of nitrogens with one attached hydrogen (secondary N) is 2. The highest BCUT2D eigenvalue weighted by Gasteiger charge is 2.49. The van der Waals surface area contributed by atoms with E-state index in [4.69, 9.17) is 40.6 Å². The number of benzene rings is 2. The molecule has 0 spiro atoms. The highest BCUT2D eigenvalue weighted by atomic mass is 32.1. The molecule has 2 fully saturated rings. The Balaban J connectivity index is 1.14. The van der Waals surface area contributed by atoms with Crippen LogP contribution in [0.4, 0.5) is 5.69 Å². The molecule has 188 valence electrons. The van der Waals surface area contributed by atoms with Gasteiger partial charge in [-0.05, 0) is 40.8 Å². The van der Waals surface area contributed by atoms with Crippen LogP contribution < -0.4 is 29.6 Å². The summed E-state index contributed by atoms with van der Waals surface area (Å²) in [7, 11) is 3.20. The molecular weight excluding hydrogens is 488 g/mol. The van der Waals surface area contributed by atoms with Crippen LogP contribution in [0.3, 0.4) is 0 Å². The number of tetrazole rings is 1. The molecule has 2 saturated heterocycles. The molecular formula is C23H24N6O6S. The molecule has 0 saturated carbocycles. The topological polar surface area (TPSA) is 123 Å². The Kier molecular flexibility index (Phi) is 5.95. The zero-order valence-electron chi connectivity index (χ0n) is 19.5. The lowest BCUT2D eigenvalue weighted by molar-refractivity contribution is 0.0626. The average molecular weight is 513 g/mol. The van der Waals surface area contributed by atoms with E-state index in [-0.39, 0.29) is 31.1 Å². The molecule has 3 aromatic rings. The lowest BCUT2D eigenvalue weighted by atomic mass is 10.1. The van der Waals surface area contributed by atoms with E-state index in [0.29, 0.717) is 47.1 Å². The molecule has 3 aliphatic heterocycles. The molecule has 2 aromatic carbocycles. The Morgan fingerprint density at radius 2 is 1.78 bits per heavy atom.